The van der Waals surface area contributed by atoms with E-state index in [9.17, 15) is 13.6 Å². The molecule has 0 aliphatic carbocycles. The molecule has 2 nitrogen and oxygen atoms in total. The number of rotatable bonds is 6. The third-order valence-electron chi connectivity index (χ3n) is 2.86. The number of ether oxygens (including phenoxy) is 1. The minimum absolute atomic E-state index is 0.00235. The summed E-state index contributed by atoms with van der Waals surface area (Å²) in [7, 11) is 0. The largest absolute Gasteiger partial charge is 0.435 e. The number of alkyl halides is 2. The highest BCUT2D eigenvalue weighted by molar-refractivity contribution is 6.33. The molecule has 0 aliphatic rings. The topological polar surface area (TPSA) is 26.3 Å². The number of carbonyl (C=O) groups excluding carboxylic acids is 1. The molecule has 0 unspecified atom stereocenters. The molecule has 0 heterocycles. The lowest BCUT2D eigenvalue weighted by molar-refractivity contribution is -0.0498. The van der Waals surface area contributed by atoms with Crippen molar-refractivity contribution in [2.75, 3.05) is 0 Å². The summed E-state index contributed by atoms with van der Waals surface area (Å²) in [5, 5.41) is 0.405. The average Bonchev–Trinajstić information content (AvgIpc) is 2.54. The van der Waals surface area contributed by atoms with Crippen molar-refractivity contribution in [1.82, 2.24) is 0 Å². The first-order chi connectivity index (χ1) is 11.0. The van der Waals surface area contributed by atoms with Crippen LogP contribution < -0.4 is 4.74 Å². The Balaban J connectivity index is 2.02. The van der Waals surface area contributed by atoms with Gasteiger partial charge in [-0.05, 0) is 48.1 Å². The van der Waals surface area contributed by atoms with E-state index in [1.165, 1.54) is 36.4 Å². The minimum Gasteiger partial charge on any atom is -0.435 e. The highest BCUT2D eigenvalue weighted by Crippen LogP contribution is 2.16. The van der Waals surface area contributed by atoms with Crippen LogP contribution in [0.25, 0.3) is 6.08 Å². The minimum atomic E-state index is -2.89. The quantitative estimate of drug-likeness (QED) is 0.406. The third kappa shape index (κ3) is 5.68. The molecule has 2 aromatic carbocycles. The predicted molar refractivity (Wildman–Crippen MR) is 86.8 cm³/mol. The Labute approximate surface area is 137 Å². The van der Waals surface area contributed by atoms with E-state index in [1.807, 2.05) is 30.3 Å². The average molecular weight is 335 g/mol. The molecular weight excluding hydrogens is 322 g/mol. The zero-order valence-electron chi connectivity index (χ0n) is 12.0. The number of benzene rings is 2. The number of hydrogen-bond donors (Lipinski definition) is 0. The molecule has 0 aliphatic heterocycles. The van der Waals surface area contributed by atoms with Crippen LogP contribution in [0.2, 0.25) is 0 Å². The summed E-state index contributed by atoms with van der Waals surface area (Å²) in [6, 6.07) is 14.9. The SMILES string of the molecule is O=C(/C=C/C(Cl)=C/c1ccccc1)c1ccc(OC(F)F)cc1. The van der Waals surface area contributed by atoms with Crippen LogP contribution in [0.15, 0.2) is 71.8 Å². The monoisotopic (exact) mass is 334 g/mol. The maximum absolute atomic E-state index is 12.0. The van der Waals surface area contributed by atoms with Crippen LogP contribution in [0.4, 0.5) is 8.78 Å². The Bertz CT molecular complexity index is 708. The Morgan fingerprint density at radius 3 is 2.26 bits per heavy atom. The van der Waals surface area contributed by atoms with Crippen molar-refractivity contribution in [2.45, 2.75) is 6.61 Å². The molecule has 2 aromatic rings. The predicted octanol–water partition coefficient (Wildman–Crippen LogP) is 5.31. The zero-order chi connectivity index (χ0) is 16.7. The summed E-state index contributed by atoms with van der Waals surface area (Å²) in [4.78, 5) is 12.0. The second-order valence-electron chi connectivity index (χ2n) is 4.54. The fourth-order valence-electron chi connectivity index (χ4n) is 1.81. The lowest BCUT2D eigenvalue weighted by atomic mass is 10.1. The van der Waals surface area contributed by atoms with E-state index in [-0.39, 0.29) is 11.5 Å². The first kappa shape index (κ1) is 16.9. The second kappa shape index (κ2) is 8.25. The van der Waals surface area contributed by atoms with E-state index in [0.29, 0.717) is 10.6 Å². The van der Waals surface area contributed by atoms with E-state index in [0.717, 1.165) is 5.56 Å². The first-order valence-electron chi connectivity index (χ1n) is 6.74. The van der Waals surface area contributed by atoms with E-state index in [4.69, 9.17) is 11.6 Å². The van der Waals surface area contributed by atoms with Gasteiger partial charge in [-0.3, -0.25) is 4.79 Å². The summed E-state index contributed by atoms with van der Waals surface area (Å²) < 4.78 is 28.3. The molecule has 0 aromatic heterocycles. The second-order valence-corrected chi connectivity index (χ2v) is 4.98. The smallest absolute Gasteiger partial charge is 0.387 e. The van der Waals surface area contributed by atoms with Gasteiger partial charge in [-0.1, -0.05) is 41.9 Å². The molecule has 0 saturated heterocycles. The van der Waals surface area contributed by atoms with E-state index >= 15 is 0 Å². The van der Waals surface area contributed by atoms with Crippen molar-refractivity contribution in [3.8, 4) is 5.75 Å². The number of allylic oxidation sites excluding steroid dienone is 3. The van der Waals surface area contributed by atoms with Crippen molar-refractivity contribution in [3.63, 3.8) is 0 Å². The van der Waals surface area contributed by atoms with Gasteiger partial charge in [-0.25, -0.2) is 0 Å². The standard InChI is InChI=1S/C18H13ClF2O2/c19-15(12-13-4-2-1-3-5-13)8-11-17(22)14-6-9-16(10-7-14)23-18(20)21/h1-12,18H/b11-8+,15-12-. The van der Waals surface area contributed by atoms with Gasteiger partial charge in [-0.2, -0.15) is 8.78 Å². The molecule has 0 bridgehead atoms. The van der Waals surface area contributed by atoms with Gasteiger partial charge in [0.05, 0.1) is 0 Å². The van der Waals surface area contributed by atoms with Gasteiger partial charge in [0.15, 0.2) is 5.78 Å². The van der Waals surface area contributed by atoms with Gasteiger partial charge in [0, 0.05) is 10.6 Å². The summed E-state index contributed by atoms with van der Waals surface area (Å²) in [6.07, 6.45) is 4.54. The normalized spacial score (nSPS) is 11.9. The van der Waals surface area contributed by atoms with Crippen molar-refractivity contribution in [1.29, 1.82) is 0 Å². The maximum Gasteiger partial charge on any atom is 0.387 e. The van der Waals surface area contributed by atoms with Gasteiger partial charge >= 0.3 is 6.61 Å². The van der Waals surface area contributed by atoms with Crippen LogP contribution in [-0.4, -0.2) is 12.4 Å². The van der Waals surface area contributed by atoms with Gasteiger partial charge in [0.2, 0.25) is 0 Å². The molecule has 0 radical (unpaired) electrons. The van der Waals surface area contributed by atoms with Crippen LogP contribution in [0.3, 0.4) is 0 Å². The summed E-state index contributed by atoms with van der Waals surface area (Å²) in [6.45, 7) is -2.89. The fraction of sp³-hybridized carbons (Fsp3) is 0.0556. The van der Waals surface area contributed by atoms with Crippen LogP contribution in [0.5, 0.6) is 5.75 Å². The Morgan fingerprint density at radius 1 is 1.00 bits per heavy atom. The number of halogens is 3. The Morgan fingerprint density at radius 2 is 1.65 bits per heavy atom. The molecular formula is C18H13ClF2O2. The number of hydrogen-bond acceptors (Lipinski definition) is 2. The molecule has 5 heteroatoms. The molecule has 0 N–H and O–H groups in total. The molecule has 23 heavy (non-hydrogen) atoms. The Hall–Kier alpha value is -2.46. The highest BCUT2D eigenvalue weighted by Gasteiger charge is 2.06. The van der Waals surface area contributed by atoms with Gasteiger partial charge < -0.3 is 4.74 Å². The van der Waals surface area contributed by atoms with Crippen LogP contribution in [0, 0.1) is 0 Å². The van der Waals surface area contributed by atoms with Gasteiger partial charge in [0.1, 0.15) is 5.75 Å². The summed E-state index contributed by atoms with van der Waals surface area (Å²) in [5.74, 6) is -0.282. The molecule has 0 atom stereocenters. The third-order valence-corrected chi connectivity index (χ3v) is 3.10. The van der Waals surface area contributed by atoms with E-state index in [1.54, 1.807) is 6.08 Å². The first-order valence-corrected chi connectivity index (χ1v) is 7.12. The molecule has 0 amide bonds. The van der Waals surface area contributed by atoms with Crippen LogP contribution in [0.1, 0.15) is 15.9 Å². The number of carbonyl (C=O) groups is 1. The highest BCUT2D eigenvalue weighted by atomic mass is 35.5. The van der Waals surface area contributed by atoms with E-state index in [2.05, 4.69) is 4.74 Å². The number of ketones is 1. The molecule has 0 saturated carbocycles. The van der Waals surface area contributed by atoms with Gasteiger partial charge in [-0.15, -0.1) is 0 Å². The fourth-order valence-corrected chi connectivity index (χ4v) is 2.00. The van der Waals surface area contributed by atoms with Crippen molar-refractivity contribution < 1.29 is 18.3 Å². The summed E-state index contributed by atoms with van der Waals surface area (Å²) >= 11 is 6.05. The lowest BCUT2D eigenvalue weighted by Gasteiger charge is -2.04. The van der Waals surface area contributed by atoms with Crippen molar-refractivity contribution in [3.05, 3.63) is 82.9 Å². The van der Waals surface area contributed by atoms with Gasteiger partial charge in [0.25, 0.3) is 0 Å². The summed E-state index contributed by atoms with van der Waals surface area (Å²) in [5.41, 5.74) is 1.27. The lowest BCUT2D eigenvalue weighted by Crippen LogP contribution is -2.02. The van der Waals surface area contributed by atoms with Crippen molar-refractivity contribution in [2.24, 2.45) is 0 Å². The maximum atomic E-state index is 12.0. The molecule has 0 spiro atoms. The molecule has 118 valence electrons. The Kier molecular flexibility index (Phi) is 6.06. The van der Waals surface area contributed by atoms with Crippen LogP contribution >= 0.6 is 11.6 Å². The van der Waals surface area contributed by atoms with Crippen LogP contribution in [-0.2, 0) is 0 Å². The molecule has 2 rings (SSSR count). The molecule has 0 fully saturated rings. The van der Waals surface area contributed by atoms with Crippen molar-refractivity contribution >= 4 is 23.5 Å². The zero-order valence-corrected chi connectivity index (χ0v) is 12.7. The van der Waals surface area contributed by atoms with E-state index < -0.39 is 6.61 Å².